The quantitative estimate of drug-likeness (QED) is 0.0713. The summed E-state index contributed by atoms with van der Waals surface area (Å²) in [6.07, 6.45) is 11.9. The van der Waals surface area contributed by atoms with Gasteiger partial charge in [0.25, 0.3) is 11.8 Å². The van der Waals surface area contributed by atoms with E-state index in [0.717, 1.165) is 22.6 Å². The smallest absolute Gasteiger partial charge is 0.263 e. The van der Waals surface area contributed by atoms with Gasteiger partial charge < -0.3 is 0 Å². The number of rotatable bonds is 15. The third kappa shape index (κ3) is 5.46. The first-order chi connectivity index (χ1) is 21.3. The summed E-state index contributed by atoms with van der Waals surface area (Å²) in [5.41, 5.74) is 1.33. The largest absolute Gasteiger partial charge is 0.274 e. The van der Waals surface area contributed by atoms with Crippen molar-refractivity contribution >= 4 is 80.1 Å². The van der Waals surface area contributed by atoms with E-state index in [9.17, 15) is 9.59 Å². The molecule has 2 aliphatic heterocycles. The number of fused-ring (bicyclic) bond motifs is 4. The second-order valence-electron chi connectivity index (χ2n) is 12.7. The molecule has 6 rings (SSSR count). The van der Waals surface area contributed by atoms with Crippen molar-refractivity contribution in [1.82, 2.24) is 4.90 Å². The van der Waals surface area contributed by atoms with Crippen LogP contribution in [0.15, 0.2) is 29.6 Å². The molecule has 0 N–H and O–H groups in total. The first-order valence-corrected chi connectivity index (χ1v) is 22.2. The lowest BCUT2D eigenvalue weighted by Gasteiger charge is -2.31. The molecule has 0 saturated heterocycles. The highest BCUT2D eigenvalue weighted by atomic mass is 32.1. The molecule has 234 valence electrons. The Kier molecular flexibility index (Phi) is 9.84. The predicted octanol–water partition coefficient (Wildman–Crippen LogP) is 9.84. The Balaban J connectivity index is 1.39. The molecule has 0 saturated carbocycles. The second kappa shape index (κ2) is 13.5. The van der Waals surface area contributed by atoms with Crippen LogP contribution >= 0.6 is 45.3 Å². The molecular weight excluding hydrogens is 635 g/mol. The van der Waals surface area contributed by atoms with Gasteiger partial charge in [-0.2, -0.15) is 11.3 Å². The zero-order valence-electron chi connectivity index (χ0n) is 26.8. The van der Waals surface area contributed by atoms with Crippen molar-refractivity contribution in [2.45, 2.75) is 105 Å². The van der Waals surface area contributed by atoms with Gasteiger partial charge in [-0.1, -0.05) is 90.7 Å². The van der Waals surface area contributed by atoms with E-state index in [1.54, 1.807) is 31.1 Å². The number of thiophene rings is 4. The molecule has 0 spiro atoms. The topological polar surface area (TPSA) is 37.4 Å². The minimum Gasteiger partial charge on any atom is -0.274 e. The van der Waals surface area contributed by atoms with Crippen molar-refractivity contribution in [2.24, 2.45) is 5.92 Å². The fourth-order valence-electron chi connectivity index (χ4n) is 7.41. The number of hydrogen-bond acceptors (Lipinski definition) is 6. The van der Waals surface area contributed by atoms with E-state index in [1.165, 1.54) is 76.9 Å². The monoisotopic (exact) mass is 679 g/mol. The van der Waals surface area contributed by atoms with Crippen molar-refractivity contribution in [3.8, 4) is 19.5 Å². The molecule has 2 amide bonds. The van der Waals surface area contributed by atoms with Gasteiger partial charge in [0.1, 0.15) is 0 Å². The van der Waals surface area contributed by atoms with E-state index in [0.29, 0.717) is 23.6 Å². The van der Waals surface area contributed by atoms with Crippen LogP contribution < -0.4 is 14.9 Å². The zero-order valence-corrected chi connectivity index (χ0v) is 31.1. The number of unbranched alkanes of at least 4 members (excludes halogenated alkanes) is 6. The van der Waals surface area contributed by atoms with Crippen LogP contribution in [-0.2, 0) is 0 Å². The van der Waals surface area contributed by atoms with Gasteiger partial charge in [0, 0.05) is 35.4 Å². The molecule has 0 bridgehead atoms. The molecule has 44 heavy (non-hydrogen) atoms. The predicted molar refractivity (Wildman–Crippen MR) is 196 cm³/mol. The minimum atomic E-state index is -2.24. The highest BCUT2D eigenvalue weighted by molar-refractivity contribution is 7.38. The first kappa shape index (κ1) is 32.1. The molecule has 4 aromatic heterocycles. The second-order valence-corrected chi connectivity index (χ2v) is 21.4. The minimum absolute atomic E-state index is 0.0773. The normalized spacial score (nSPS) is 17.9. The summed E-state index contributed by atoms with van der Waals surface area (Å²) in [6, 6.07) is 10.9. The van der Waals surface area contributed by atoms with E-state index in [-0.39, 0.29) is 11.8 Å². The summed E-state index contributed by atoms with van der Waals surface area (Å²) in [7, 11) is -2.24. The third-order valence-electron chi connectivity index (χ3n) is 9.75. The van der Waals surface area contributed by atoms with Crippen LogP contribution in [0, 0.1) is 19.8 Å². The van der Waals surface area contributed by atoms with E-state index in [1.807, 2.05) is 40.9 Å². The fraction of sp³-hybridized carbons (Fsp3) is 0.500. The van der Waals surface area contributed by atoms with Crippen LogP contribution in [0.1, 0.15) is 115 Å². The van der Waals surface area contributed by atoms with Gasteiger partial charge in [-0.05, 0) is 60.1 Å². The molecular formula is C36H45NO2S4Si. The summed E-state index contributed by atoms with van der Waals surface area (Å²) in [5, 5.41) is 5.44. The SMILES string of the molecule is CCCCCCCCN1C(=O)c2c(C)sc(-c3cc4c(s3)-c3sc(C)cc3[Si]4(CC(CC)CCCC)c3cccs3)c2C1=O. The van der Waals surface area contributed by atoms with Crippen LogP contribution in [0.4, 0.5) is 0 Å². The summed E-state index contributed by atoms with van der Waals surface area (Å²) in [4.78, 5) is 36.5. The van der Waals surface area contributed by atoms with E-state index in [2.05, 4.69) is 57.3 Å². The molecule has 2 aliphatic rings. The summed E-state index contributed by atoms with van der Waals surface area (Å²) >= 11 is 7.42. The lowest BCUT2D eigenvalue weighted by atomic mass is 10.0. The lowest BCUT2D eigenvalue weighted by molar-refractivity contribution is 0.0651. The molecule has 0 aliphatic carbocycles. The average molecular weight is 680 g/mol. The Hall–Kier alpha value is -1.84. The molecule has 3 nitrogen and oxygen atoms in total. The summed E-state index contributed by atoms with van der Waals surface area (Å²) in [6.45, 7) is 11.7. The van der Waals surface area contributed by atoms with Gasteiger partial charge in [0.2, 0.25) is 0 Å². The van der Waals surface area contributed by atoms with Crippen molar-refractivity contribution in [3.63, 3.8) is 0 Å². The number of imide groups is 1. The third-order valence-corrected chi connectivity index (χ3v) is 20.7. The highest BCUT2D eigenvalue weighted by Gasteiger charge is 2.51. The molecule has 4 aromatic rings. The number of amides is 2. The summed E-state index contributed by atoms with van der Waals surface area (Å²) in [5.74, 6) is 0.545. The van der Waals surface area contributed by atoms with Crippen molar-refractivity contribution < 1.29 is 9.59 Å². The van der Waals surface area contributed by atoms with Crippen LogP contribution in [0.3, 0.4) is 0 Å². The van der Waals surface area contributed by atoms with E-state index < -0.39 is 8.07 Å². The Bertz CT molecular complexity index is 1640. The number of carbonyl (C=O) groups is 2. The zero-order chi connectivity index (χ0) is 31.0. The number of aryl methyl sites for hydroxylation is 2. The number of nitrogens with zero attached hydrogens (tertiary/aromatic N) is 1. The van der Waals surface area contributed by atoms with E-state index in [4.69, 9.17) is 0 Å². The van der Waals surface area contributed by atoms with Gasteiger partial charge in [0.05, 0.1) is 16.0 Å². The number of carbonyl (C=O) groups excluding carboxylic acids is 2. The van der Waals surface area contributed by atoms with Gasteiger partial charge in [-0.15, -0.1) is 34.0 Å². The maximum atomic E-state index is 13.9. The molecule has 0 radical (unpaired) electrons. The summed E-state index contributed by atoms with van der Waals surface area (Å²) < 4.78 is 1.57. The maximum Gasteiger partial charge on any atom is 0.263 e. The van der Waals surface area contributed by atoms with Gasteiger partial charge in [0.15, 0.2) is 8.07 Å². The Labute approximate surface area is 280 Å². The van der Waals surface area contributed by atoms with Crippen molar-refractivity contribution in [1.29, 1.82) is 0 Å². The van der Waals surface area contributed by atoms with Gasteiger partial charge >= 0.3 is 0 Å². The molecule has 8 heteroatoms. The van der Waals surface area contributed by atoms with Crippen LogP contribution in [0.5, 0.6) is 0 Å². The van der Waals surface area contributed by atoms with Crippen LogP contribution in [0.25, 0.3) is 19.5 Å². The standard InChI is InChI=1S/C36H45NO2S4Si/c1-6-9-11-12-13-14-18-37-35(38)30-24(5)42-32(31(30)36(37)39)26-21-28-34(43-26)33-27(20-23(4)41-33)44(28,29-17-15-19-40-29)22-25(8-3)16-10-7-2/h15,17,19-21,25H,6-14,16,18,22H2,1-5H3. The number of hydrogen-bond donors (Lipinski definition) is 0. The molecule has 2 unspecified atom stereocenters. The maximum absolute atomic E-state index is 13.9. The Morgan fingerprint density at radius 3 is 2.23 bits per heavy atom. The molecule has 0 aromatic carbocycles. The Morgan fingerprint density at radius 1 is 0.795 bits per heavy atom. The van der Waals surface area contributed by atoms with Crippen LogP contribution in [0.2, 0.25) is 6.04 Å². The Morgan fingerprint density at radius 2 is 1.50 bits per heavy atom. The molecule has 6 heterocycles. The average Bonchev–Trinajstić information content (AvgIpc) is 3.85. The van der Waals surface area contributed by atoms with Crippen molar-refractivity contribution in [3.05, 3.63) is 50.5 Å². The van der Waals surface area contributed by atoms with E-state index >= 15 is 0 Å². The molecule has 2 atom stereocenters. The van der Waals surface area contributed by atoms with Gasteiger partial charge in [-0.25, -0.2) is 0 Å². The van der Waals surface area contributed by atoms with Gasteiger partial charge in [-0.3, -0.25) is 14.5 Å². The van der Waals surface area contributed by atoms with Crippen molar-refractivity contribution in [2.75, 3.05) is 6.54 Å². The highest BCUT2D eigenvalue weighted by Crippen LogP contribution is 2.48. The fourth-order valence-corrected chi connectivity index (χ4v) is 20.0. The lowest BCUT2D eigenvalue weighted by Crippen LogP contribution is -2.64. The van der Waals surface area contributed by atoms with Crippen LogP contribution in [-0.4, -0.2) is 31.3 Å². The molecule has 0 fully saturated rings. The first-order valence-electron chi connectivity index (χ1n) is 16.6.